The van der Waals surface area contributed by atoms with Gasteiger partial charge in [0.1, 0.15) is 0 Å². The highest BCUT2D eigenvalue weighted by molar-refractivity contribution is 5.25. The van der Waals surface area contributed by atoms with Crippen molar-refractivity contribution >= 4 is 6.72 Å². The van der Waals surface area contributed by atoms with Crippen LogP contribution in [0.3, 0.4) is 0 Å². The summed E-state index contributed by atoms with van der Waals surface area (Å²) < 4.78 is 0. The van der Waals surface area contributed by atoms with Crippen LogP contribution >= 0.6 is 0 Å². The van der Waals surface area contributed by atoms with Crippen LogP contribution in [0.1, 0.15) is 12.8 Å². The summed E-state index contributed by atoms with van der Waals surface area (Å²) in [5.41, 5.74) is 0. The summed E-state index contributed by atoms with van der Waals surface area (Å²) >= 11 is 0. The molecule has 0 radical (unpaired) electrons. The summed E-state index contributed by atoms with van der Waals surface area (Å²) in [4.78, 5) is 6.64. The average Bonchev–Trinajstić information content (AvgIpc) is 2.06. The second-order valence-corrected chi connectivity index (χ2v) is 3.39. The molecular weight excluding hydrogens is 124 g/mol. The Bertz CT molecular complexity index is 136. The minimum Gasteiger partial charge on any atom is -0.301 e. The Morgan fingerprint density at radius 2 is 2.00 bits per heavy atom. The number of hydrogen-bond acceptors (Lipinski definition) is 2. The van der Waals surface area contributed by atoms with Crippen molar-refractivity contribution in [2.45, 2.75) is 18.9 Å². The van der Waals surface area contributed by atoms with E-state index in [1.807, 2.05) is 0 Å². The third kappa shape index (κ3) is 0.870. The van der Waals surface area contributed by atoms with E-state index in [0.717, 1.165) is 5.92 Å². The van der Waals surface area contributed by atoms with Crippen molar-refractivity contribution in [2.24, 2.45) is 10.9 Å². The van der Waals surface area contributed by atoms with Crippen LogP contribution in [0.25, 0.3) is 0 Å². The minimum atomic E-state index is 0.558. The Kier molecular flexibility index (Phi) is 1.49. The molecule has 3 heterocycles. The van der Waals surface area contributed by atoms with E-state index in [4.69, 9.17) is 0 Å². The van der Waals surface area contributed by atoms with Gasteiger partial charge in [-0.1, -0.05) is 0 Å². The Balaban J connectivity index is 2.07. The summed E-state index contributed by atoms with van der Waals surface area (Å²) in [6.07, 6.45) is 2.70. The van der Waals surface area contributed by atoms with Gasteiger partial charge >= 0.3 is 0 Å². The predicted molar refractivity (Wildman–Crippen MR) is 42.5 cm³/mol. The molecule has 0 saturated carbocycles. The molecule has 2 bridgehead atoms. The largest absolute Gasteiger partial charge is 0.301 e. The molecular formula is C8H14N2. The SMILES string of the molecule is C=N[C@@H]1CN2CCC1CC2. The van der Waals surface area contributed by atoms with E-state index in [9.17, 15) is 0 Å². The molecule has 3 aliphatic heterocycles. The van der Waals surface area contributed by atoms with Crippen LogP contribution < -0.4 is 0 Å². The van der Waals surface area contributed by atoms with Gasteiger partial charge in [-0.2, -0.15) is 0 Å². The molecule has 3 saturated heterocycles. The molecule has 0 aromatic carbocycles. The first-order valence-electron chi connectivity index (χ1n) is 4.08. The monoisotopic (exact) mass is 138 g/mol. The van der Waals surface area contributed by atoms with Gasteiger partial charge in [-0.25, -0.2) is 0 Å². The van der Waals surface area contributed by atoms with Crippen LogP contribution in [-0.4, -0.2) is 37.3 Å². The van der Waals surface area contributed by atoms with E-state index in [1.165, 1.54) is 32.5 Å². The maximum atomic E-state index is 4.14. The van der Waals surface area contributed by atoms with E-state index in [1.54, 1.807) is 0 Å². The van der Waals surface area contributed by atoms with Crippen molar-refractivity contribution in [3.8, 4) is 0 Å². The van der Waals surface area contributed by atoms with Crippen molar-refractivity contribution in [3.63, 3.8) is 0 Å². The van der Waals surface area contributed by atoms with Crippen molar-refractivity contribution in [1.29, 1.82) is 0 Å². The van der Waals surface area contributed by atoms with Gasteiger partial charge in [0, 0.05) is 6.54 Å². The number of hydrogen-bond donors (Lipinski definition) is 0. The highest BCUT2D eigenvalue weighted by atomic mass is 15.2. The molecule has 0 unspecified atom stereocenters. The first-order valence-corrected chi connectivity index (χ1v) is 4.08. The Hall–Kier alpha value is -0.370. The van der Waals surface area contributed by atoms with Gasteiger partial charge in [-0.15, -0.1) is 0 Å². The van der Waals surface area contributed by atoms with Crippen LogP contribution in [0.4, 0.5) is 0 Å². The normalized spacial score (nSPS) is 45.4. The molecule has 2 heteroatoms. The van der Waals surface area contributed by atoms with Gasteiger partial charge in [0.05, 0.1) is 6.04 Å². The molecule has 0 amide bonds. The van der Waals surface area contributed by atoms with E-state index in [2.05, 4.69) is 16.6 Å². The zero-order valence-corrected chi connectivity index (χ0v) is 6.29. The molecule has 0 aromatic heterocycles. The lowest BCUT2D eigenvalue weighted by atomic mass is 9.84. The number of piperidine rings is 3. The van der Waals surface area contributed by atoms with E-state index in [-0.39, 0.29) is 0 Å². The van der Waals surface area contributed by atoms with Crippen LogP contribution in [0, 0.1) is 5.92 Å². The van der Waals surface area contributed by atoms with Gasteiger partial charge in [-0.05, 0) is 38.6 Å². The summed E-state index contributed by atoms with van der Waals surface area (Å²) in [6, 6.07) is 0.558. The average molecular weight is 138 g/mol. The summed E-state index contributed by atoms with van der Waals surface area (Å²) in [6.45, 7) is 7.41. The Morgan fingerprint density at radius 3 is 2.30 bits per heavy atom. The zero-order chi connectivity index (χ0) is 6.97. The van der Waals surface area contributed by atoms with Crippen LogP contribution in [-0.2, 0) is 0 Å². The lowest BCUT2D eigenvalue weighted by Gasteiger charge is -2.42. The maximum Gasteiger partial charge on any atom is 0.0648 e. The third-order valence-electron chi connectivity index (χ3n) is 2.86. The molecule has 2 nitrogen and oxygen atoms in total. The summed E-state index contributed by atoms with van der Waals surface area (Å²) in [5, 5.41) is 0. The molecule has 1 atom stereocenters. The van der Waals surface area contributed by atoms with Crippen molar-refractivity contribution < 1.29 is 0 Å². The molecule has 3 aliphatic rings. The number of aliphatic imine (C=N–C) groups is 1. The quantitative estimate of drug-likeness (QED) is 0.489. The summed E-state index contributed by atoms with van der Waals surface area (Å²) in [7, 11) is 0. The third-order valence-corrected chi connectivity index (χ3v) is 2.86. The lowest BCUT2D eigenvalue weighted by Crippen LogP contribution is -2.49. The minimum absolute atomic E-state index is 0.558. The molecule has 3 fully saturated rings. The molecule has 0 N–H and O–H groups in total. The van der Waals surface area contributed by atoms with Crippen molar-refractivity contribution in [3.05, 3.63) is 0 Å². The predicted octanol–water partition coefficient (Wildman–Crippen LogP) is 0.781. The fourth-order valence-electron chi connectivity index (χ4n) is 2.14. The molecule has 56 valence electrons. The van der Waals surface area contributed by atoms with Crippen LogP contribution in [0.5, 0.6) is 0 Å². The fourth-order valence-corrected chi connectivity index (χ4v) is 2.14. The van der Waals surface area contributed by atoms with E-state index in [0.29, 0.717) is 6.04 Å². The van der Waals surface area contributed by atoms with Crippen LogP contribution in [0.2, 0.25) is 0 Å². The number of fused-ring (bicyclic) bond motifs is 3. The molecule has 3 rings (SSSR count). The van der Waals surface area contributed by atoms with Gasteiger partial charge < -0.3 is 4.90 Å². The zero-order valence-electron chi connectivity index (χ0n) is 6.29. The fraction of sp³-hybridized carbons (Fsp3) is 0.875. The smallest absolute Gasteiger partial charge is 0.0648 e. The van der Waals surface area contributed by atoms with Crippen molar-refractivity contribution in [1.82, 2.24) is 4.90 Å². The Morgan fingerprint density at radius 1 is 1.30 bits per heavy atom. The highest BCUT2D eigenvalue weighted by Gasteiger charge is 2.32. The standard InChI is InChI=1S/C8H14N2/c1-9-8-6-10-4-2-7(8)3-5-10/h7-8H,1-6H2/t8-/m1/s1. The second kappa shape index (κ2) is 2.35. The van der Waals surface area contributed by atoms with Gasteiger partial charge in [0.25, 0.3) is 0 Å². The first-order chi connectivity index (χ1) is 4.90. The highest BCUT2D eigenvalue weighted by Crippen LogP contribution is 2.28. The second-order valence-electron chi connectivity index (χ2n) is 3.39. The molecule has 0 aliphatic carbocycles. The van der Waals surface area contributed by atoms with Gasteiger partial charge in [-0.3, -0.25) is 4.99 Å². The topological polar surface area (TPSA) is 15.6 Å². The molecule has 0 aromatic rings. The van der Waals surface area contributed by atoms with E-state index < -0.39 is 0 Å². The number of rotatable bonds is 1. The van der Waals surface area contributed by atoms with Gasteiger partial charge in [0.2, 0.25) is 0 Å². The van der Waals surface area contributed by atoms with E-state index >= 15 is 0 Å². The summed E-state index contributed by atoms with van der Waals surface area (Å²) in [5.74, 6) is 0.863. The lowest BCUT2D eigenvalue weighted by molar-refractivity contribution is 0.0910. The number of nitrogens with zero attached hydrogens (tertiary/aromatic N) is 2. The van der Waals surface area contributed by atoms with Crippen LogP contribution in [0.15, 0.2) is 4.99 Å². The Labute approximate surface area is 61.9 Å². The van der Waals surface area contributed by atoms with Gasteiger partial charge in [0.15, 0.2) is 0 Å². The first kappa shape index (κ1) is 6.35. The molecule has 10 heavy (non-hydrogen) atoms. The molecule has 0 spiro atoms. The maximum absolute atomic E-state index is 4.14. The van der Waals surface area contributed by atoms with Crippen molar-refractivity contribution in [2.75, 3.05) is 19.6 Å².